The van der Waals surface area contributed by atoms with Crippen LogP contribution in [0.5, 0.6) is 0 Å². The largest absolute Gasteiger partial charge is 0.326 e. The fourth-order valence-electron chi connectivity index (χ4n) is 1.19. The van der Waals surface area contributed by atoms with Crippen LogP contribution in [-0.2, 0) is 21.1 Å². The maximum absolute atomic E-state index is 5.65. The van der Waals surface area contributed by atoms with Crippen molar-refractivity contribution in [1.82, 2.24) is 0 Å². The van der Waals surface area contributed by atoms with Crippen LogP contribution in [0, 0.1) is 0 Å². The van der Waals surface area contributed by atoms with E-state index >= 15 is 0 Å². The zero-order chi connectivity index (χ0) is 5.98. The molecule has 1 fully saturated rings. The van der Waals surface area contributed by atoms with Gasteiger partial charge in [-0.3, -0.25) is 0 Å². The SMILES string of the molecule is N[C@@H]1CCCC[C@@H]1N.[Cl].[Cl].[Cl].[Cl].[Pt]. The van der Waals surface area contributed by atoms with Crippen LogP contribution in [-0.4, -0.2) is 12.1 Å². The summed E-state index contributed by atoms with van der Waals surface area (Å²) >= 11 is 0. The van der Waals surface area contributed by atoms with Gasteiger partial charge in [0.2, 0.25) is 0 Å². The number of halogens is 4. The van der Waals surface area contributed by atoms with Crippen LogP contribution >= 0.6 is 49.6 Å². The summed E-state index contributed by atoms with van der Waals surface area (Å²) in [5.74, 6) is 0. The first kappa shape index (κ1) is 29.3. The molecule has 1 rings (SSSR count). The molecule has 0 saturated heterocycles. The van der Waals surface area contributed by atoms with Gasteiger partial charge in [0.05, 0.1) is 0 Å². The van der Waals surface area contributed by atoms with E-state index in [1.165, 1.54) is 12.8 Å². The van der Waals surface area contributed by atoms with Crippen molar-refractivity contribution in [3.8, 4) is 0 Å². The monoisotopic (exact) mass is 449 g/mol. The Hall–Kier alpha value is 1.77. The molecular formula is C6H14Cl4N2Pt. The third kappa shape index (κ3) is 11.7. The van der Waals surface area contributed by atoms with Gasteiger partial charge in [-0.1, -0.05) is 12.8 Å². The molecule has 2 nitrogen and oxygen atoms in total. The van der Waals surface area contributed by atoms with Crippen molar-refractivity contribution in [3.63, 3.8) is 0 Å². The van der Waals surface area contributed by atoms with Gasteiger partial charge in [-0.15, -0.1) is 0 Å². The van der Waals surface area contributed by atoms with Gasteiger partial charge >= 0.3 is 0 Å². The molecule has 4 N–H and O–H groups in total. The van der Waals surface area contributed by atoms with E-state index in [-0.39, 0.29) is 82.8 Å². The Balaban J connectivity index is -0.0000000427. The van der Waals surface area contributed by atoms with Crippen LogP contribution in [0.4, 0.5) is 0 Å². The van der Waals surface area contributed by atoms with Crippen molar-refractivity contribution in [3.05, 3.63) is 0 Å². The Morgan fingerprint density at radius 1 is 0.692 bits per heavy atom. The molecule has 1 aliphatic carbocycles. The van der Waals surface area contributed by atoms with Crippen molar-refractivity contribution < 1.29 is 21.1 Å². The van der Waals surface area contributed by atoms with E-state index in [0.717, 1.165) is 12.8 Å². The summed E-state index contributed by atoms with van der Waals surface area (Å²) in [6.45, 7) is 0. The number of rotatable bonds is 0. The minimum Gasteiger partial charge on any atom is -0.326 e. The second-order valence-corrected chi connectivity index (χ2v) is 2.61. The Bertz CT molecular complexity index is 79.0. The maximum atomic E-state index is 5.65. The molecule has 0 aliphatic heterocycles. The van der Waals surface area contributed by atoms with Crippen molar-refractivity contribution in [2.75, 3.05) is 0 Å². The molecule has 0 heterocycles. The zero-order valence-corrected chi connectivity index (χ0v) is 12.3. The van der Waals surface area contributed by atoms with E-state index in [1.54, 1.807) is 0 Å². The molecule has 7 heteroatoms. The molecule has 1 aliphatic rings. The molecule has 0 bridgehead atoms. The Morgan fingerprint density at radius 3 is 1.08 bits per heavy atom. The maximum Gasteiger partial charge on any atom is 0.0192 e. The Kier molecular flexibility index (Phi) is 36.6. The van der Waals surface area contributed by atoms with Crippen molar-refractivity contribution in [2.45, 2.75) is 37.8 Å². The summed E-state index contributed by atoms with van der Waals surface area (Å²) in [4.78, 5) is 0. The first-order chi connectivity index (χ1) is 3.80. The Morgan fingerprint density at radius 2 is 0.923 bits per heavy atom. The molecule has 1 saturated carbocycles. The molecule has 0 aromatic heterocycles. The predicted molar refractivity (Wildman–Crippen MR) is 57.8 cm³/mol. The van der Waals surface area contributed by atoms with E-state index in [4.69, 9.17) is 11.5 Å². The fourth-order valence-corrected chi connectivity index (χ4v) is 1.19. The number of nitrogens with two attached hydrogens (primary N) is 2. The topological polar surface area (TPSA) is 52.0 Å². The minimum absolute atomic E-state index is 0. The quantitative estimate of drug-likeness (QED) is 0.596. The molecule has 0 aromatic carbocycles. The standard InChI is InChI=1S/C6H14N2.4Cl.Pt/c7-5-3-1-2-4-6(5)8;;;;;/h5-6H,1-4,7-8H2;;;;;/t5-,6+;;;;;. The van der Waals surface area contributed by atoms with Crippen LogP contribution in [0.2, 0.25) is 0 Å². The molecule has 86 valence electrons. The van der Waals surface area contributed by atoms with Crippen LogP contribution in [0.25, 0.3) is 0 Å². The van der Waals surface area contributed by atoms with Crippen molar-refractivity contribution in [1.29, 1.82) is 0 Å². The molecule has 0 unspecified atom stereocenters. The van der Waals surface area contributed by atoms with E-state index < -0.39 is 0 Å². The van der Waals surface area contributed by atoms with Gasteiger partial charge in [0.1, 0.15) is 0 Å². The molecular weight excluding hydrogens is 437 g/mol. The summed E-state index contributed by atoms with van der Waals surface area (Å²) in [5, 5.41) is 0. The average Bonchev–Trinajstić information content (AvgIpc) is 1.77. The molecule has 0 aromatic rings. The van der Waals surface area contributed by atoms with Gasteiger partial charge in [0.25, 0.3) is 0 Å². The molecule has 4 radical (unpaired) electrons. The summed E-state index contributed by atoms with van der Waals surface area (Å²) in [6.07, 6.45) is 4.80. The normalized spacial score (nSPS) is 24.5. The van der Waals surface area contributed by atoms with Crippen LogP contribution in [0.3, 0.4) is 0 Å². The van der Waals surface area contributed by atoms with Crippen LogP contribution in [0.15, 0.2) is 0 Å². The van der Waals surface area contributed by atoms with Crippen molar-refractivity contribution >= 4 is 49.6 Å². The second kappa shape index (κ2) is 16.2. The molecule has 2 atom stereocenters. The van der Waals surface area contributed by atoms with Gasteiger partial charge in [-0.2, -0.15) is 0 Å². The van der Waals surface area contributed by atoms with Gasteiger partial charge in [0, 0.05) is 82.8 Å². The van der Waals surface area contributed by atoms with E-state index in [9.17, 15) is 0 Å². The third-order valence-corrected chi connectivity index (χ3v) is 1.87. The zero-order valence-electron chi connectivity index (χ0n) is 6.97. The van der Waals surface area contributed by atoms with E-state index in [2.05, 4.69) is 0 Å². The summed E-state index contributed by atoms with van der Waals surface area (Å²) in [6, 6.07) is 0.562. The van der Waals surface area contributed by atoms with Crippen LogP contribution in [0.1, 0.15) is 25.7 Å². The van der Waals surface area contributed by atoms with Crippen molar-refractivity contribution in [2.24, 2.45) is 11.5 Å². The van der Waals surface area contributed by atoms with Gasteiger partial charge in [0.15, 0.2) is 0 Å². The van der Waals surface area contributed by atoms with E-state index in [0.29, 0.717) is 0 Å². The second-order valence-electron chi connectivity index (χ2n) is 2.61. The first-order valence-corrected chi connectivity index (χ1v) is 3.32. The van der Waals surface area contributed by atoms with Gasteiger partial charge in [-0.25, -0.2) is 0 Å². The minimum atomic E-state index is 0. The average molecular weight is 451 g/mol. The summed E-state index contributed by atoms with van der Waals surface area (Å²) < 4.78 is 0. The number of hydrogen-bond acceptors (Lipinski definition) is 2. The Labute approximate surface area is 119 Å². The smallest absolute Gasteiger partial charge is 0.0192 e. The molecule has 0 amide bonds. The third-order valence-electron chi connectivity index (χ3n) is 1.87. The molecule has 13 heavy (non-hydrogen) atoms. The fraction of sp³-hybridized carbons (Fsp3) is 1.00. The number of hydrogen-bond donors (Lipinski definition) is 2. The van der Waals surface area contributed by atoms with E-state index in [1.807, 2.05) is 0 Å². The predicted octanol–water partition coefficient (Wildman–Crippen LogP) is 2.97. The van der Waals surface area contributed by atoms with Crippen LogP contribution < -0.4 is 11.5 Å². The first-order valence-electron chi connectivity index (χ1n) is 3.32. The molecule has 0 spiro atoms. The van der Waals surface area contributed by atoms with Gasteiger partial charge < -0.3 is 11.5 Å². The van der Waals surface area contributed by atoms with Gasteiger partial charge in [-0.05, 0) is 12.8 Å². The summed E-state index contributed by atoms with van der Waals surface area (Å²) in [5.41, 5.74) is 11.3. The summed E-state index contributed by atoms with van der Waals surface area (Å²) in [7, 11) is 0.